The van der Waals surface area contributed by atoms with Crippen molar-refractivity contribution in [2.24, 2.45) is 11.8 Å². The molecule has 0 aromatic carbocycles. The van der Waals surface area contributed by atoms with Crippen molar-refractivity contribution in [3.63, 3.8) is 0 Å². The Labute approximate surface area is 127 Å². The average Bonchev–Trinajstić information content (AvgIpc) is 2.65. The molecule has 1 heterocycles. The van der Waals surface area contributed by atoms with Gasteiger partial charge in [-0.1, -0.05) is 29.8 Å². The predicted octanol–water partition coefficient (Wildman–Crippen LogP) is 2.17. The summed E-state index contributed by atoms with van der Waals surface area (Å²) in [7, 11) is 0. The number of allylic oxidation sites excluding steroid dienone is 1. The van der Waals surface area contributed by atoms with Crippen LogP contribution in [0.3, 0.4) is 0 Å². The maximum atomic E-state index is 12.3. The van der Waals surface area contributed by atoms with Gasteiger partial charge in [-0.3, -0.25) is 4.79 Å². The van der Waals surface area contributed by atoms with Crippen LogP contribution in [-0.4, -0.2) is 33.6 Å². The van der Waals surface area contributed by atoms with Crippen molar-refractivity contribution in [1.29, 1.82) is 0 Å². The number of alkyl halides is 1. The van der Waals surface area contributed by atoms with Crippen molar-refractivity contribution in [3.05, 3.63) is 11.8 Å². The lowest BCUT2D eigenvalue weighted by atomic mass is 9.80. The Kier molecular flexibility index (Phi) is 5.38. The van der Waals surface area contributed by atoms with E-state index >= 15 is 0 Å². The first kappa shape index (κ1) is 17.2. The lowest BCUT2D eigenvalue weighted by Crippen LogP contribution is -2.57. The fourth-order valence-corrected chi connectivity index (χ4v) is 2.57. The topological polar surface area (TPSA) is 72.8 Å². The van der Waals surface area contributed by atoms with Gasteiger partial charge in [0.2, 0.25) is 0 Å². The quantitative estimate of drug-likeness (QED) is 0.608. The summed E-state index contributed by atoms with van der Waals surface area (Å²) in [6, 6.07) is 0. The molecule has 0 aliphatic carbocycles. The van der Waals surface area contributed by atoms with Crippen LogP contribution in [-0.2, 0) is 19.1 Å². The van der Waals surface area contributed by atoms with Crippen molar-refractivity contribution in [2.75, 3.05) is 0 Å². The summed E-state index contributed by atoms with van der Waals surface area (Å²) >= 11 is 3.32. The smallest absolute Gasteiger partial charge is 0.340 e. The van der Waals surface area contributed by atoms with Crippen LogP contribution in [0.25, 0.3) is 0 Å². The van der Waals surface area contributed by atoms with Gasteiger partial charge in [-0.05, 0) is 32.8 Å². The zero-order valence-electron chi connectivity index (χ0n) is 12.3. The van der Waals surface area contributed by atoms with E-state index in [1.54, 1.807) is 20.8 Å². The second-order valence-corrected chi connectivity index (χ2v) is 6.59. The first-order valence-corrected chi connectivity index (χ1v) is 7.49. The van der Waals surface area contributed by atoms with E-state index in [1.807, 2.05) is 13.8 Å². The molecule has 114 valence electrons. The normalized spacial score (nSPS) is 23.4. The van der Waals surface area contributed by atoms with Crippen LogP contribution >= 0.6 is 15.9 Å². The minimum Gasteiger partial charge on any atom is -0.461 e. The minimum absolute atomic E-state index is 0.0816. The number of hydrogen-bond acceptors (Lipinski definition) is 5. The summed E-state index contributed by atoms with van der Waals surface area (Å²) < 4.78 is 10.1. The molecular formula is C14H21BrO5. The fourth-order valence-electron chi connectivity index (χ4n) is 2.09. The molecule has 0 amide bonds. The van der Waals surface area contributed by atoms with E-state index in [0.717, 1.165) is 0 Å². The highest BCUT2D eigenvalue weighted by Gasteiger charge is 2.56. The number of rotatable bonds is 5. The molecule has 0 aromatic rings. The van der Waals surface area contributed by atoms with E-state index in [-0.39, 0.29) is 12.0 Å². The molecule has 3 atom stereocenters. The van der Waals surface area contributed by atoms with Gasteiger partial charge in [0.05, 0.1) is 10.9 Å². The molecule has 1 N–H and O–H groups in total. The lowest BCUT2D eigenvalue weighted by molar-refractivity contribution is -0.179. The molecule has 0 bridgehead atoms. The first-order valence-electron chi connectivity index (χ1n) is 6.58. The highest BCUT2D eigenvalue weighted by atomic mass is 79.9. The Morgan fingerprint density at radius 3 is 2.35 bits per heavy atom. The summed E-state index contributed by atoms with van der Waals surface area (Å²) in [6.07, 6.45) is 1.07. The van der Waals surface area contributed by atoms with Crippen LogP contribution in [0.15, 0.2) is 11.8 Å². The molecule has 1 rings (SSSR count). The van der Waals surface area contributed by atoms with Crippen molar-refractivity contribution in [3.8, 4) is 0 Å². The number of hydrogen-bond donors (Lipinski definition) is 1. The molecular weight excluding hydrogens is 328 g/mol. The SMILES string of the molecule is CC1=C[C@H]([C@](O)(C(=O)OC(C)C)[C@@H](Br)C(C)C)C(=O)O1. The standard InChI is InChI=1S/C14H21BrO5/c1-7(2)11(15)14(18,13(17)19-8(3)4)10-6-9(5)20-12(10)16/h6-8,10-11,18H,1-5H3/t10-,11-,14+/m0/s1. The molecule has 0 aromatic heterocycles. The number of esters is 2. The third-order valence-electron chi connectivity index (χ3n) is 3.07. The Bertz CT molecular complexity index is 429. The van der Waals surface area contributed by atoms with E-state index in [4.69, 9.17) is 9.47 Å². The maximum Gasteiger partial charge on any atom is 0.340 e. The molecule has 0 fully saturated rings. The van der Waals surface area contributed by atoms with E-state index in [9.17, 15) is 14.7 Å². The van der Waals surface area contributed by atoms with Crippen LogP contribution in [0.5, 0.6) is 0 Å². The van der Waals surface area contributed by atoms with Gasteiger partial charge in [0.15, 0.2) is 5.60 Å². The van der Waals surface area contributed by atoms with E-state index < -0.39 is 28.3 Å². The van der Waals surface area contributed by atoms with Gasteiger partial charge in [-0.25, -0.2) is 4.79 Å². The van der Waals surface area contributed by atoms with Crippen molar-refractivity contribution in [2.45, 2.75) is 51.2 Å². The highest BCUT2D eigenvalue weighted by Crippen LogP contribution is 2.38. The molecule has 0 saturated heterocycles. The van der Waals surface area contributed by atoms with Crippen LogP contribution < -0.4 is 0 Å². The van der Waals surface area contributed by atoms with E-state index in [1.165, 1.54) is 6.08 Å². The van der Waals surface area contributed by atoms with Crippen molar-refractivity contribution < 1.29 is 24.2 Å². The molecule has 6 heteroatoms. The summed E-state index contributed by atoms with van der Waals surface area (Å²) in [5.74, 6) is -2.24. The molecule has 20 heavy (non-hydrogen) atoms. The molecule has 0 spiro atoms. The van der Waals surface area contributed by atoms with Gasteiger partial charge in [0.25, 0.3) is 0 Å². The third-order valence-corrected chi connectivity index (χ3v) is 4.82. The molecule has 0 saturated carbocycles. The summed E-state index contributed by atoms with van der Waals surface area (Å²) in [5, 5.41) is 10.9. The minimum atomic E-state index is -1.99. The number of aliphatic hydroxyl groups is 1. The van der Waals surface area contributed by atoms with Crippen LogP contribution in [0.4, 0.5) is 0 Å². The molecule has 1 aliphatic heterocycles. The van der Waals surface area contributed by atoms with Crippen LogP contribution in [0.2, 0.25) is 0 Å². The zero-order chi connectivity index (χ0) is 15.7. The largest absolute Gasteiger partial charge is 0.461 e. The molecule has 0 radical (unpaired) electrons. The van der Waals surface area contributed by atoms with Crippen LogP contribution in [0.1, 0.15) is 34.6 Å². The highest BCUT2D eigenvalue weighted by molar-refractivity contribution is 9.09. The molecule has 5 nitrogen and oxygen atoms in total. The first-order chi connectivity index (χ1) is 9.10. The number of cyclic esters (lactones) is 1. The van der Waals surface area contributed by atoms with Gasteiger partial charge < -0.3 is 14.6 Å². The van der Waals surface area contributed by atoms with E-state index in [0.29, 0.717) is 5.76 Å². The second-order valence-electron chi connectivity index (χ2n) is 5.60. The Morgan fingerprint density at radius 1 is 1.45 bits per heavy atom. The summed E-state index contributed by atoms with van der Waals surface area (Å²) in [5.41, 5.74) is -1.99. The monoisotopic (exact) mass is 348 g/mol. The molecule has 0 unspecified atom stereocenters. The van der Waals surface area contributed by atoms with Crippen molar-refractivity contribution in [1.82, 2.24) is 0 Å². The summed E-state index contributed by atoms with van der Waals surface area (Å²) in [6.45, 7) is 8.65. The van der Waals surface area contributed by atoms with Crippen LogP contribution in [0, 0.1) is 11.8 Å². The Morgan fingerprint density at radius 2 is 2.00 bits per heavy atom. The van der Waals surface area contributed by atoms with Gasteiger partial charge >= 0.3 is 11.9 Å². The Hall–Kier alpha value is -0.880. The zero-order valence-corrected chi connectivity index (χ0v) is 13.9. The van der Waals surface area contributed by atoms with Gasteiger partial charge in [-0.15, -0.1) is 0 Å². The average molecular weight is 349 g/mol. The lowest BCUT2D eigenvalue weighted by Gasteiger charge is -2.35. The van der Waals surface area contributed by atoms with Crippen molar-refractivity contribution >= 4 is 27.9 Å². The number of halogens is 1. The second kappa shape index (κ2) is 6.26. The number of carbonyl (C=O) groups excluding carboxylic acids is 2. The number of carbonyl (C=O) groups is 2. The molecule has 1 aliphatic rings. The fraction of sp³-hybridized carbons (Fsp3) is 0.714. The summed E-state index contributed by atoms with van der Waals surface area (Å²) in [4.78, 5) is 23.6. The number of ether oxygens (including phenoxy) is 2. The maximum absolute atomic E-state index is 12.3. The van der Waals surface area contributed by atoms with Gasteiger partial charge in [0, 0.05) is 0 Å². The third kappa shape index (κ3) is 3.23. The van der Waals surface area contributed by atoms with Gasteiger partial charge in [-0.2, -0.15) is 0 Å². The Balaban J connectivity index is 3.20. The van der Waals surface area contributed by atoms with Gasteiger partial charge in [0.1, 0.15) is 11.7 Å². The predicted molar refractivity (Wildman–Crippen MR) is 77.1 cm³/mol. The van der Waals surface area contributed by atoms with E-state index in [2.05, 4.69) is 15.9 Å².